The van der Waals surface area contributed by atoms with Crippen molar-refractivity contribution in [2.45, 2.75) is 32.2 Å². The van der Waals surface area contributed by atoms with Crippen LogP contribution in [0.3, 0.4) is 0 Å². The molecule has 0 saturated carbocycles. The molecule has 0 radical (unpaired) electrons. The maximum atomic E-state index is 13.6. The van der Waals surface area contributed by atoms with Gasteiger partial charge in [-0.15, -0.1) is 35.9 Å². The first-order valence-corrected chi connectivity index (χ1v) is 18.4. The maximum Gasteiger partial charge on any atom is 1.00 e. The summed E-state index contributed by atoms with van der Waals surface area (Å²) < 4.78 is 5.37. The average Bonchev–Trinajstić information content (AvgIpc) is 3.70. The summed E-state index contributed by atoms with van der Waals surface area (Å²) in [6.45, 7) is 5.41. The maximum absolute atomic E-state index is 13.6. The summed E-state index contributed by atoms with van der Waals surface area (Å²) in [5.74, 6) is -7.18. The van der Waals surface area contributed by atoms with E-state index in [0.29, 0.717) is 23.1 Å². The summed E-state index contributed by atoms with van der Waals surface area (Å²) in [5.41, 5.74) is 5.58. The fourth-order valence-electron chi connectivity index (χ4n) is 5.96. The molecule has 4 heterocycles. The van der Waals surface area contributed by atoms with Crippen LogP contribution in [0.4, 0.5) is 5.13 Å². The molecule has 1 aromatic carbocycles. The Bertz CT molecular complexity index is 2000. The summed E-state index contributed by atoms with van der Waals surface area (Å²) in [6.07, 6.45) is 8.00. The number of thiazole rings is 1. The zero-order chi connectivity index (χ0) is 42.1. The van der Waals surface area contributed by atoms with E-state index in [0.717, 1.165) is 29.2 Å². The van der Waals surface area contributed by atoms with Gasteiger partial charge in [-0.3, -0.25) is 29.0 Å². The van der Waals surface area contributed by atoms with Crippen molar-refractivity contribution >= 4 is 75.5 Å². The van der Waals surface area contributed by atoms with Crippen LogP contribution in [-0.4, -0.2) is 140 Å². The zero-order valence-corrected chi connectivity index (χ0v) is 38.1. The van der Waals surface area contributed by atoms with Gasteiger partial charge in [0.05, 0.1) is 50.4 Å². The first-order chi connectivity index (χ1) is 26.5. The van der Waals surface area contributed by atoms with Crippen molar-refractivity contribution in [3.8, 4) is 24.3 Å². The number of hydrogen-bond donors (Lipinski definition) is 4. The molecule has 4 amide bonds. The first-order valence-electron chi connectivity index (χ1n) is 16.4. The quantitative estimate of drug-likeness (QED) is 0.0158. The van der Waals surface area contributed by atoms with E-state index in [9.17, 15) is 44.1 Å². The molecule has 0 aliphatic carbocycles. The van der Waals surface area contributed by atoms with E-state index < -0.39 is 76.8 Å². The molecule has 300 valence electrons. The number of rotatable bonds is 14. The van der Waals surface area contributed by atoms with Gasteiger partial charge in [0.1, 0.15) is 29.4 Å². The summed E-state index contributed by atoms with van der Waals surface area (Å²) in [4.78, 5) is 96.8. The van der Waals surface area contributed by atoms with Crippen LogP contribution in [0.1, 0.15) is 47.2 Å². The van der Waals surface area contributed by atoms with Crippen LogP contribution in [0, 0.1) is 12.8 Å². The number of thioether (sulfide) groups is 1. The van der Waals surface area contributed by atoms with Crippen molar-refractivity contribution in [3.05, 3.63) is 45.6 Å². The number of oxime groups is 1. The Balaban J connectivity index is 0.00000198. The van der Waals surface area contributed by atoms with Gasteiger partial charge in [-0.1, -0.05) is 5.16 Å². The SMILES string of the molecule is C#C.CC(=O)[O-].CC[N+](CC)(CCN1C(=O)c2ccc(O)c(O)c2C1=O)CC1=C(C(=O)OC)N2C(=O)[C@@H](NC(=O)/C(=N\OCC(=O)[O-])c3csc(N)n3)[C@H]2SC1.[Na+].[Na+]. The molecule has 1 fully saturated rings. The number of esters is 1. The van der Waals surface area contributed by atoms with E-state index in [1.54, 1.807) is 0 Å². The van der Waals surface area contributed by atoms with E-state index in [1.165, 1.54) is 35.2 Å². The van der Waals surface area contributed by atoms with Gasteiger partial charge in [0.15, 0.2) is 28.9 Å². The number of aliphatic carboxylic acids is 2. The zero-order valence-electron chi connectivity index (χ0n) is 32.5. The topological polar surface area (TPSA) is 294 Å². The number of phenolic OH excluding ortho intramolecular Hbond substituents is 2. The van der Waals surface area contributed by atoms with Crippen molar-refractivity contribution < 1.29 is 127 Å². The van der Waals surface area contributed by atoms with Gasteiger partial charge in [-0.2, -0.15) is 0 Å². The number of aromatic nitrogens is 1. The molecule has 5 N–H and O–H groups in total. The van der Waals surface area contributed by atoms with Crippen LogP contribution in [0.15, 0.2) is 33.9 Å². The first kappa shape index (κ1) is 51.8. The summed E-state index contributed by atoms with van der Waals surface area (Å²) in [6, 6.07) is 1.32. The standard InChI is InChI=1S/C30H33N7O11S2.C2H4O2.C2H2.2Na/c1-4-37(5-2,9-8-35-25(43)15-6-7-17(38)23(41)19(15)26(35)44)10-14-12-49-28-21(27(45)36(28)22(14)29(46)47-3)33-24(42)20(34-48-11-18(39)40)16-13-50-30(31)32-16;1-2(3)4;1-2;;/h6-7,13,21,28H,4-5,8-12H2,1-3H3,(H5-,31,32,33,34,38,39,40,41,42,43,44);1H3,(H,3,4);1-2H;;/q;;;2*+1/p-1/t21-,28-;;;;/m1..../s1. The number of benzene rings is 1. The fourth-order valence-corrected chi connectivity index (χ4v) is 7.84. The number of quaternary nitrogens is 1. The van der Waals surface area contributed by atoms with Crippen LogP contribution in [0.2, 0.25) is 0 Å². The predicted octanol–water partition coefficient (Wildman–Crippen LogP) is -8.40. The van der Waals surface area contributed by atoms with Gasteiger partial charge >= 0.3 is 65.1 Å². The fraction of sp³-hybridized carbons (Fsp3) is 0.382. The number of likely N-dealkylation sites (N-methyl/N-ethyl adjacent to an activating group) is 1. The number of nitrogens with one attached hydrogen (secondary N) is 1. The van der Waals surface area contributed by atoms with Crippen LogP contribution in [-0.2, 0) is 33.5 Å². The van der Waals surface area contributed by atoms with E-state index in [1.807, 2.05) is 13.8 Å². The number of anilines is 1. The van der Waals surface area contributed by atoms with Crippen molar-refractivity contribution in [2.75, 3.05) is 57.9 Å². The molecule has 24 heteroatoms. The smallest absolute Gasteiger partial charge is 0.550 e. The number of aromatic hydroxyl groups is 2. The summed E-state index contributed by atoms with van der Waals surface area (Å²) >= 11 is 2.29. The minimum absolute atomic E-state index is 0. The molecule has 3 aliphatic rings. The monoisotopic (exact) mass is 862 g/mol. The normalized spacial score (nSPS) is 16.7. The number of carbonyl (C=O) groups excluding carboxylic acids is 7. The molecule has 2 aromatic rings. The number of carboxylic acid groups (broad SMARTS) is 2. The van der Waals surface area contributed by atoms with E-state index in [-0.39, 0.29) is 112 Å². The van der Waals surface area contributed by atoms with Crippen molar-refractivity contribution in [3.63, 3.8) is 0 Å². The van der Waals surface area contributed by atoms with Crippen molar-refractivity contribution in [1.82, 2.24) is 20.1 Å². The number of carboxylic acids is 2. The van der Waals surface area contributed by atoms with Gasteiger partial charge in [0, 0.05) is 22.7 Å². The number of nitrogen functional groups attached to an aromatic ring is 1. The van der Waals surface area contributed by atoms with Crippen molar-refractivity contribution in [2.24, 2.45) is 5.16 Å². The Morgan fingerprint density at radius 3 is 2.26 bits per heavy atom. The second-order valence-corrected chi connectivity index (χ2v) is 13.9. The average molecular weight is 863 g/mol. The minimum Gasteiger partial charge on any atom is -0.550 e. The number of fused-ring (bicyclic) bond motifs is 2. The molecule has 0 spiro atoms. The van der Waals surface area contributed by atoms with E-state index in [2.05, 4.69) is 28.3 Å². The molecule has 1 aromatic heterocycles. The molecule has 2 atom stereocenters. The van der Waals surface area contributed by atoms with Crippen LogP contribution in [0.5, 0.6) is 11.5 Å². The largest absolute Gasteiger partial charge is 1.00 e. The second-order valence-electron chi connectivity index (χ2n) is 11.9. The Kier molecular flexibility index (Phi) is 20.4. The molecule has 0 bridgehead atoms. The van der Waals surface area contributed by atoms with Gasteiger partial charge in [0.25, 0.3) is 23.6 Å². The number of carbonyl (C=O) groups is 7. The summed E-state index contributed by atoms with van der Waals surface area (Å²) in [5, 5.41) is 46.7. The molecule has 5 rings (SSSR count). The third kappa shape index (κ3) is 11.5. The molecule has 0 unspecified atom stereocenters. The Labute approximate surface area is 384 Å². The van der Waals surface area contributed by atoms with Gasteiger partial charge in [0.2, 0.25) is 0 Å². The molecule has 20 nitrogen and oxygen atoms in total. The molecule has 3 aliphatic heterocycles. The third-order valence-corrected chi connectivity index (χ3v) is 10.8. The molecule has 1 saturated heterocycles. The van der Waals surface area contributed by atoms with Crippen LogP contribution < -0.4 is 80.4 Å². The Hall–Kier alpha value is -4.18. The predicted molar refractivity (Wildman–Crippen MR) is 195 cm³/mol. The third-order valence-electron chi connectivity index (χ3n) is 8.79. The van der Waals surface area contributed by atoms with Gasteiger partial charge in [-0.25, -0.2) is 9.78 Å². The number of methoxy groups -OCH3 is 1. The Morgan fingerprint density at radius 2 is 1.72 bits per heavy atom. The number of terminal acetylenes is 1. The minimum atomic E-state index is -1.58. The van der Waals surface area contributed by atoms with Gasteiger partial charge < -0.3 is 55.1 Å². The number of hydrogen-bond acceptors (Lipinski definition) is 18. The van der Waals surface area contributed by atoms with E-state index >= 15 is 0 Å². The van der Waals surface area contributed by atoms with E-state index in [4.69, 9.17) is 25.2 Å². The Morgan fingerprint density at radius 1 is 1.10 bits per heavy atom. The number of imide groups is 1. The second kappa shape index (κ2) is 22.8. The van der Waals surface area contributed by atoms with Gasteiger partial charge in [-0.05, 0) is 32.9 Å². The molecular formula is C34H38N7Na2O13S2+. The van der Waals surface area contributed by atoms with Crippen LogP contribution in [0.25, 0.3) is 0 Å². The number of nitrogens with two attached hydrogens (primary N) is 1. The number of nitrogens with zero attached hydrogens (tertiary/aromatic N) is 5. The summed E-state index contributed by atoms with van der Waals surface area (Å²) in [7, 11) is 1.18. The molecule has 58 heavy (non-hydrogen) atoms. The number of β-lactam (4-membered cyclic amide) rings is 1. The van der Waals surface area contributed by atoms with Crippen LogP contribution >= 0.6 is 23.1 Å². The van der Waals surface area contributed by atoms with Crippen molar-refractivity contribution in [1.29, 1.82) is 0 Å². The number of amides is 4. The number of ether oxygens (including phenoxy) is 1. The molecular weight excluding hydrogens is 825 g/mol. The number of phenols is 2.